The van der Waals surface area contributed by atoms with Crippen LogP contribution in [0.5, 0.6) is 0 Å². The van der Waals surface area contributed by atoms with Crippen LogP contribution in [-0.2, 0) is 4.74 Å². The van der Waals surface area contributed by atoms with Gasteiger partial charge in [0.25, 0.3) is 0 Å². The maximum Gasteiger partial charge on any atom is 0.407 e. The van der Waals surface area contributed by atoms with Crippen molar-refractivity contribution in [3.05, 3.63) is 21.4 Å². The van der Waals surface area contributed by atoms with Crippen molar-refractivity contribution in [2.45, 2.75) is 66.2 Å². The van der Waals surface area contributed by atoms with Gasteiger partial charge < -0.3 is 15.4 Å². The van der Waals surface area contributed by atoms with Gasteiger partial charge in [-0.25, -0.2) is 4.79 Å². The zero-order chi connectivity index (χ0) is 16.2. The number of alkyl carbamates (subject to hydrolysis) is 1. The molecule has 1 aromatic heterocycles. The van der Waals surface area contributed by atoms with Gasteiger partial charge in [-0.3, -0.25) is 0 Å². The second kappa shape index (κ2) is 7.27. The van der Waals surface area contributed by atoms with Crippen molar-refractivity contribution in [1.82, 2.24) is 10.6 Å². The van der Waals surface area contributed by atoms with Crippen LogP contribution >= 0.6 is 11.3 Å². The molecule has 0 radical (unpaired) electrons. The van der Waals surface area contributed by atoms with E-state index in [9.17, 15) is 4.79 Å². The SMILES string of the molecule is Cc1cc(C(C)NCC(C)NC(=O)OC(C)(C)C)c(C)s1. The molecule has 0 spiro atoms. The van der Waals surface area contributed by atoms with E-state index in [0.717, 1.165) is 0 Å². The molecule has 0 aliphatic rings. The molecular formula is C16H28N2O2S. The summed E-state index contributed by atoms with van der Waals surface area (Å²) >= 11 is 1.82. The van der Waals surface area contributed by atoms with Crippen molar-refractivity contribution in [1.29, 1.82) is 0 Å². The average Bonchev–Trinajstić information content (AvgIpc) is 2.62. The van der Waals surface area contributed by atoms with Gasteiger partial charge in [0.15, 0.2) is 0 Å². The Kier molecular flexibility index (Phi) is 6.23. The number of amides is 1. The number of hydrogen-bond acceptors (Lipinski definition) is 4. The minimum atomic E-state index is -0.462. The molecule has 4 nitrogen and oxygen atoms in total. The Morgan fingerprint density at radius 2 is 1.95 bits per heavy atom. The van der Waals surface area contributed by atoms with E-state index in [1.807, 2.05) is 39.0 Å². The van der Waals surface area contributed by atoms with Gasteiger partial charge in [0, 0.05) is 28.4 Å². The fraction of sp³-hybridized carbons (Fsp3) is 0.688. The van der Waals surface area contributed by atoms with Crippen molar-refractivity contribution in [3.8, 4) is 0 Å². The van der Waals surface area contributed by atoms with Crippen LogP contribution in [0.1, 0.15) is 56.0 Å². The highest BCUT2D eigenvalue weighted by atomic mass is 32.1. The molecule has 0 aliphatic carbocycles. The summed E-state index contributed by atoms with van der Waals surface area (Å²) < 4.78 is 5.25. The van der Waals surface area contributed by atoms with E-state index < -0.39 is 5.60 Å². The zero-order valence-electron chi connectivity index (χ0n) is 14.2. The Morgan fingerprint density at radius 3 is 2.43 bits per heavy atom. The molecule has 0 saturated carbocycles. The first-order valence-corrected chi connectivity index (χ1v) is 8.20. The lowest BCUT2D eigenvalue weighted by atomic mass is 10.1. The fourth-order valence-corrected chi connectivity index (χ4v) is 3.13. The number of hydrogen-bond donors (Lipinski definition) is 2. The van der Waals surface area contributed by atoms with Gasteiger partial charge in [-0.1, -0.05) is 0 Å². The van der Waals surface area contributed by atoms with Crippen LogP contribution in [0.4, 0.5) is 4.79 Å². The quantitative estimate of drug-likeness (QED) is 0.866. The molecule has 1 rings (SSSR count). The smallest absolute Gasteiger partial charge is 0.407 e. The summed E-state index contributed by atoms with van der Waals surface area (Å²) in [5, 5.41) is 6.30. The van der Waals surface area contributed by atoms with Gasteiger partial charge in [0.05, 0.1) is 0 Å². The lowest BCUT2D eigenvalue weighted by molar-refractivity contribution is 0.0507. The molecule has 21 heavy (non-hydrogen) atoms. The summed E-state index contributed by atoms with van der Waals surface area (Å²) in [5.41, 5.74) is 0.873. The predicted octanol–water partition coefficient (Wildman–Crippen LogP) is 3.93. The molecule has 0 aliphatic heterocycles. The molecule has 2 unspecified atom stereocenters. The number of thiophene rings is 1. The molecule has 0 saturated heterocycles. The minimum absolute atomic E-state index is 0.0161. The van der Waals surface area contributed by atoms with E-state index in [4.69, 9.17) is 4.74 Å². The monoisotopic (exact) mass is 312 g/mol. The van der Waals surface area contributed by atoms with Gasteiger partial charge in [-0.05, 0) is 60.1 Å². The van der Waals surface area contributed by atoms with Crippen LogP contribution in [0.15, 0.2) is 6.07 Å². The van der Waals surface area contributed by atoms with Gasteiger partial charge in [-0.15, -0.1) is 11.3 Å². The van der Waals surface area contributed by atoms with Crippen LogP contribution in [0.2, 0.25) is 0 Å². The molecule has 2 N–H and O–H groups in total. The Morgan fingerprint density at radius 1 is 1.33 bits per heavy atom. The summed E-state index contributed by atoms with van der Waals surface area (Å²) in [7, 11) is 0. The van der Waals surface area contributed by atoms with Gasteiger partial charge in [-0.2, -0.15) is 0 Å². The van der Waals surface area contributed by atoms with Crippen molar-refractivity contribution in [2.24, 2.45) is 0 Å². The number of carbonyl (C=O) groups is 1. The highest BCUT2D eigenvalue weighted by molar-refractivity contribution is 7.12. The number of ether oxygens (including phenoxy) is 1. The third-order valence-corrected chi connectivity index (χ3v) is 4.02. The zero-order valence-corrected chi connectivity index (χ0v) is 15.0. The second-order valence-corrected chi connectivity index (χ2v) is 8.01. The van der Waals surface area contributed by atoms with Crippen molar-refractivity contribution < 1.29 is 9.53 Å². The maximum absolute atomic E-state index is 11.7. The molecule has 2 atom stereocenters. The summed E-state index contributed by atoms with van der Waals surface area (Å²) in [4.78, 5) is 14.4. The molecule has 5 heteroatoms. The summed E-state index contributed by atoms with van der Waals surface area (Å²) in [6, 6.07) is 2.52. The van der Waals surface area contributed by atoms with E-state index in [1.165, 1.54) is 15.3 Å². The third kappa shape index (κ3) is 6.48. The van der Waals surface area contributed by atoms with Crippen LogP contribution in [0, 0.1) is 13.8 Å². The first kappa shape index (κ1) is 18.0. The number of aryl methyl sites for hydroxylation is 2. The molecule has 0 fully saturated rings. The van der Waals surface area contributed by atoms with E-state index in [-0.39, 0.29) is 18.2 Å². The lowest BCUT2D eigenvalue weighted by Gasteiger charge is -2.23. The Bertz CT molecular complexity index is 477. The molecule has 0 aromatic carbocycles. The minimum Gasteiger partial charge on any atom is -0.444 e. The molecule has 1 heterocycles. The van der Waals surface area contributed by atoms with Gasteiger partial charge in [0.2, 0.25) is 0 Å². The van der Waals surface area contributed by atoms with Crippen LogP contribution in [0.3, 0.4) is 0 Å². The Labute approximate surface area is 132 Å². The molecular weight excluding hydrogens is 284 g/mol. The first-order valence-electron chi connectivity index (χ1n) is 7.38. The fourth-order valence-electron chi connectivity index (χ4n) is 2.10. The van der Waals surface area contributed by atoms with Gasteiger partial charge in [0.1, 0.15) is 5.60 Å². The highest BCUT2D eigenvalue weighted by Gasteiger charge is 2.18. The Hall–Kier alpha value is -1.07. The molecule has 1 amide bonds. The van der Waals surface area contributed by atoms with E-state index >= 15 is 0 Å². The van der Waals surface area contributed by atoms with Gasteiger partial charge >= 0.3 is 6.09 Å². The molecule has 1 aromatic rings. The average molecular weight is 312 g/mol. The highest BCUT2D eigenvalue weighted by Crippen LogP contribution is 2.25. The van der Waals surface area contributed by atoms with E-state index in [0.29, 0.717) is 6.54 Å². The van der Waals surface area contributed by atoms with E-state index in [1.54, 1.807) is 0 Å². The largest absolute Gasteiger partial charge is 0.444 e. The van der Waals surface area contributed by atoms with E-state index in [2.05, 4.69) is 37.5 Å². The van der Waals surface area contributed by atoms with Crippen molar-refractivity contribution >= 4 is 17.4 Å². The second-order valence-electron chi connectivity index (χ2n) is 6.55. The summed E-state index contributed by atoms with van der Waals surface area (Å²) in [6.45, 7) is 14.7. The number of nitrogens with one attached hydrogen (secondary N) is 2. The van der Waals surface area contributed by atoms with Crippen molar-refractivity contribution in [3.63, 3.8) is 0 Å². The summed E-state index contributed by atoms with van der Waals surface area (Å²) in [6.07, 6.45) is -0.369. The lowest BCUT2D eigenvalue weighted by Crippen LogP contribution is -2.43. The number of carbonyl (C=O) groups excluding carboxylic acids is 1. The third-order valence-electron chi connectivity index (χ3n) is 3.04. The molecule has 0 bridgehead atoms. The predicted molar refractivity (Wildman–Crippen MR) is 89.0 cm³/mol. The van der Waals surface area contributed by atoms with Crippen LogP contribution in [-0.4, -0.2) is 24.3 Å². The summed E-state index contributed by atoms with van der Waals surface area (Å²) in [5.74, 6) is 0. The maximum atomic E-state index is 11.7. The molecule has 120 valence electrons. The standard InChI is InChI=1S/C16H28N2O2S/c1-10(18-15(19)20-16(5,6)7)9-17-12(3)14-8-11(2)21-13(14)4/h8,10,12,17H,9H2,1-7H3,(H,18,19). The van der Waals surface area contributed by atoms with Crippen molar-refractivity contribution in [2.75, 3.05) is 6.54 Å². The normalized spacial score (nSPS) is 14.6. The number of rotatable bonds is 5. The first-order chi connectivity index (χ1) is 9.58. The topological polar surface area (TPSA) is 50.4 Å². The Balaban J connectivity index is 2.41. The van der Waals surface area contributed by atoms with Crippen LogP contribution in [0.25, 0.3) is 0 Å². The van der Waals surface area contributed by atoms with Crippen LogP contribution < -0.4 is 10.6 Å².